The minimum atomic E-state index is -0.499. The number of hydrogen-bond acceptors (Lipinski definition) is 6. The summed E-state index contributed by atoms with van der Waals surface area (Å²) < 4.78 is 0.348. The summed E-state index contributed by atoms with van der Waals surface area (Å²) in [6.45, 7) is 0. The van der Waals surface area contributed by atoms with Gasteiger partial charge in [-0.3, -0.25) is 19.8 Å². The van der Waals surface area contributed by atoms with Crippen LogP contribution in [0.2, 0.25) is 0 Å². The van der Waals surface area contributed by atoms with Crippen LogP contribution in [0.3, 0.4) is 0 Å². The molecule has 0 radical (unpaired) electrons. The van der Waals surface area contributed by atoms with Gasteiger partial charge in [0.1, 0.15) is 0 Å². The predicted octanol–water partition coefficient (Wildman–Crippen LogP) is 4.62. The zero-order valence-electron chi connectivity index (χ0n) is 15.2. The Labute approximate surface area is 172 Å². The molecular weight excluding hydrogens is 394 g/mol. The highest BCUT2D eigenvalue weighted by atomic mass is 32.2. The van der Waals surface area contributed by atoms with Crippen molar-refractivity contribution in [2.75, 3.05) is 23.9 Å². The third-order valence-electron chi connectivity index (χ3n) is 4.04. The molecule has 0 atom stereocenters. The molecule has 1 amide bonds. The monoisotopic (exact) mass is 411 g/mol. The van der Waals surface area contributed by atoms with Gasteiger partial charge in [-0.1, -0.05) is 54.3 Å². The van der Waals surface area contributed by atoms with E-state index >= 15 is 0 Å². The lowest BCUT2D eigenvalue weighted by atomic mass is 10.2. The Morgan fingerprint density at radius 2 is 1.89 bits per heavy atom. The van der Waals surface area contributed by atoms with E-state index in [1.165, 1.54) is 34.9 Å². The molecule has 0 aromatic heterocycles. The number of nitro groups is 1. The second-order valence-electron chi connectivity index (χ2n) is 6.16. The first kappa shape index (κ1) is 19.8. The van der Waals surface area contributed by atoms with Gasteiger partial charge in [0.15, 0.2) is 4.32 Å². The maximum Gasteiger partial charge on any atom is 0.271 e. The van der Waals surface area contributed by atoms with Gasteiger partial charge in [0.05, 0.1) is 15.5 Å². The van der Waals surface area contributed by atoms with E-state index in [-0.39, 0.29) is 11.6 Å². The van der Waals surface area contributed by atoms with Crippen LogP contribution in [0.5, 0.6) is 0 Å². The molecule has 2 aromatic rings. The Balaban J connectivity index is 1.77. The summed E-state index contributed by atoms with van der Waals surface area (Å²) in [5.41, 5.74) is 2.42. The van der Waals surface area contributed by atoms with Crippen LogP contribution in [0.15, 0.2) is 65.6 Å². The van der Waals surface area contributed by atoms with Crippen molar-refractivity contribution in [3.63, 3.8) is 0 Å². The minimum absolute atomic E-state index is 0.0865. The van der Waals surface area contributed by atoms with E-state index in [9.17, 15) is 14.9 Å². The second-order valence-corrected chi connectivity index (χ2v) is 7.84. The summed E-state index contributed by atoms with van der Waals surface area (Å²) in [6, 6.07) is 13.9. The number of nitrogens with zero attached hydrogens (tertiary/aromatic N) is 3. The zero-order chi connectivity index (χ0) is 20.3. The highest BCUT2D eigenvalue weighted by Gasteiger charge is 2.33. The topological polar surface area (TPSA) is 66.7 Å². The third kappa shape index (κ3) is 4.29. The van der Waals surface area contributed by atoms with Crippen LogP contribution in [-0.2, 0) is 4.79 Å². The Morgan fingerprint density at radius 1 is 1.18 bits per heavy atom. The lowest BCUT2D eigenvalue weighted by molar-refractivity contribution is -0.384. The van der Waals surface area contributed by atoms with E-state index in [2.05, 4.69) is 0 Å². The number of nitro benzene ring substituents is 1. The van der Waals surface area contributed by atoms with Crippen molar-refractivity contribution >= 4 is 57.3 Å². The molecule has 3 rings (SSSR count). The largest absolute Gasteiger partial charge is 0.378 e. The normalized spacial score (nSPS) is 15.6. The lowest BCUT2D eigenvalue weighted by Gasteiger charge is -2.13. The van der Waals surface area contributed by atoms with Crippen molar-refractivity contribution in [2.45, 2.75) is 0 Å². The summed E-state index contributed by atoms with van der Waals surface area (Å²) in [7, 11) is 3.96. The van der Waals surface area contributed by atoms with E-state index in [4.69, 9.17) is 12.2 Å². The highest BCUT2D eigenvalue weighted by molar-refractivity contribution is 8.27. The first-order valence-corrected chi connectivity index (χ1v) is 9.56. The quantitative estimate of drug-likeness (QED) is 0.309. The van der Waals surface area contributed by atoms with E-state index in [0.29, 0.717) is 14.9 Å². The molecule has 0 saturated carbocycles. The molecule has 28 heavy (non-hydrogen) atoms. The Morgan fingerprint density at radius 3 is 2.54 bits per heavy atom. The van der Waals surface area contributed by atoms with Crippen LogP contribution >= 0.6 is 24.0 Å². The zero-order valence-corrected chi connectivity index (χ0v) is 16.9. The summed E-state index contributed by atoms with van der Waals surface area (Å²) in [6.07, 6.45) is 5.40. The Hall–Kier alpha value is -2.97. The minimum Gasteiger partial charge on any atom is -0.378 e. The first-order valence-electron chi connectivity index (χ1n) is 8.33. The van der Waals surface area contributed by atoms with E-state index < -0.39 is 4.92 Å². The molecule has 0 aliphatic carbocycles. The van der Waals surface area contributed by atoms with Crippen LogP contribution < -0.4 is 9.80 Å². The number of non-ortho nitro benzene ring substituents is 1. The molecule has 1 saturated heterocycles. The van der Waals surface area contributed by atoms with Gasteiger partial charge < -0.3 is 4.90 Å². The molecule has 1 heterocycles. The van der Waals surface area contributed by atoms with Crippen LogP contribution in [0.1, 0.15) is 5.56 Å². The fourth-order valence-corrected chi connectivity index (χ4v) is 3.83. The number of hydrogen-bond donors (Lipinski definition) is 0. The van der Waals surface area contributed by atoms with Crippen LogP contribution in [-0.4, -0.2) is 29.2 Å². The SMILES string of the molecule is CN(C)c1ccc(/C=C/C=C2/SC(=S)N(c3cccc([N+](=O)[O-])c3)C2=O)cc1. The number of thioether (sulfide) groups is 1. The van der Waals surface area contributed by atoms with Gasteiger partial charge in [-0.25, -0.2) is 0 Å². The smallest absolute Gasteiger partial charge is 0.271 e. The molecule has 0 N–H and O–H groups in total. The van der Waals surface area contributed by atoms with Crippen molar-refractivity contribution in [2.24, 2.45) is 0 Å². The summed E-state index contributed by atoms with van der Waals surface area (Å²) in [5, 5.41) is 11.0. The Kier molecular flexibility index (Phi) is 5.91. The van der Waals surface area contributed by atoms with Gasteiger partial charge in [0.25, 0.3) is 11.6 Å². The fraction of sp³-hybridized carbons (Fsp3) is 0.100. The number of thiocarbonyl (C=S) groups is 1. The molecule has 1 fully saturated rings. The van der Waals surface area contributed by atoms with Gasteiger partial charge in [0.2, 0.25) is 0 Å². The lowest BCUT2D eigenvalue weighted by Crippen LogP contribution is -2.27. The molecule has 1 aliphatic heterocycles. The molecule has 8 heteroatoms. The number of anilines is 2. The summed E-state index contributed by atoms with van der Waals surface area (Å²) in [4.78, 5) is 27.0. The number of amides is 1. The van der Waals surface area contributed by atoms with Crippen molar-refractivity contribution in [3.8, 4) is 0 Å². The van der Waals surface area contributed by atoms with Gasteiger partial charge in [-0.15, -0.1) is 0 Å². The average molecular weight is 412 g/mol. The maximum atomic E-state index is 12.7. The Bertz CT molecular complexity index is 998. The molecule has 142 valence electrons. The van der Waals surface area contributed by atoms with Crippen molar-refractivity contribution in [3.05, 3.63) is 81.3 Å². The van der Waals surface area contributed by atoms with Crippen LogP contribution in [0, 0.1) is 10.1 Å². The molecular formula is C20H17N3O3S2. The first-order chi connectivity index (χ1) is 13.4. The molecule has 2 aromatic carbocycles. The van der Waals surface area contributed by atoms with Gasteiger partial charge in [-0.2, -0.15) is 0 Å². The number of benzene rings is 2. The highest BCUT2D eigenvalue weighted by Crippen LogP contribution is 2.36. The van der Waals surface area contributed by atoms with E-state index in [1.807, 2.05) is 49.3 Å². The molecule has 6 nitrogen and oxygen atoms in total. The number of allylic oxidation sites excluding steroid dienone is 2. The van der Waals surface area contributed by atoms with Crippen molar-refractivity contribution in [1.29, 1.82) is 0 Å². The van der Waals surface area contributed by atoms with Crippen LogP contribution in [0.4, 0.5) is 17.1 Å². The van der Waals surface area contributed by atoms with Gasteiger partial charge in [0, 0.05) is 31.9 Å². The van der Waals surface area contributed by atoms with Gasteiger partial charge in [-0.05, 0) is 29.8 Å². The number of carbonyl (C=O) groups is 1. The summed E-state index contributed by atoms with van der Waals surface area (Å²) >= 11 is 6.47. The van der Waals surface area contributed by atoms with E-state index in [1.54, 1.807) is 18.2 Å². The summed E-state index contributed by atoms with van der Waals surface area (Å²) in [5.74, 6) is -0.289. The standard InChI is InChI=1S/C20H17N3O3S2/c1-21(2)15-11-9-14(10-12-15)5-3-8-18-19(24)22(20(27)28-18)16-6-4-7-17(13-16)23(25)26/h3-13H,1-2H3/b5-3+,18-8+. The van der Waals surface area contributed by atoms with Gasteiger partial charge >= 0.3 is 0 Å². The molecule has 1 aliphatic rings. The molecule has 0 bridgehead atoms. The number of carbonyl (C=O) groups excluding carboxylic acids is 1. The van der Waals surface area contributed by atoms with E-state index in [0.717, 1.165) is 11.3 Å². The predicted molar refractivity (Wildman–Crippen MR) is 119 cm³/mol. The molecule has 0 unspecified atom stereocenters. The maximum absolute atomic E-state index is 12.7. The van der Waals surface area contributed by atoms with Crippen LogP contribution in [0.25, 0.3) is 6.08 Å². The number of rotatable bonds is 5. The van der Waals surface area contributed by atoms with Crippen molar-refractivity contribution in [1.82, 2.24) is 0 Å². The third-order valence-corrected chi connectivity index (χ3v) is 5.36. The average Bonchev–Trinajstić information content (AvgIpc) is 2.95. The molecule has 0 spiro atoms. The van der Waals surface area contributed by atoms with Crippen molar-refractivity contribution < 1.29 is 9.72 Å². The fourth-order valence-electron chi connectivity index (χ4n) is 2.58. The second kappa shape index (κ2) is 8.37.